The molecule has 6 nitrogen and oxygen atoms in total. The summed E-state index contributed by atoms with van der Waals surface area (Å²) in [5.74, 6) is 1.77. The van der Waals surface area contributed by atoms with Crippen LogP contribution in [0.2, 0.25) is 0 Å². The molecule has 4 rings (SSSR count). The van der Waals surface area contributed by atoms with Gasteiger partial charge in [0.05, 0.1) is 0 Å². The summed E-state index contributed by atoms with van der Waals surface area (Å²) < 4.78 is 0. The van der Waals surface area contributed by atoms with Crippen molar-refractivity contribution < 1.29 is 4.79 Å². The van der Waals surface area contributed by atoms with Crippen LogP contribution in [0.5, 0.6) is 0 Å². The van der Waals surface area contributed by atoms with Crippen LogP contribution >= 0.6 is 0 Å². The first-order valence-corrected chi connectivity index (χ1v) is 8.90. The van der Waals surface area contributed by atoms with Crippen LogP contribution in [0.1, 0.15) is 40.6 Å². The van der Waals surface area contributed by atoms with Crippen molar-refractivity contribution in [2.45, 2.75) is 25.7 Å². The fourth-order valence-corrected chi connectivity index (χ4v) is 3.49. The maximum atomic E-state index is 12.8. The fraction of sp³-hybridized carbons (Fsp3) is 0.300. The average Bonchev–Trinajstić information content (AvgIpc) is 3.23. The van der Waals surface area contributed by atoms with Gasteiger partial charge in [0.2, 0.25) is 0 Å². The summed E-state index contributed by atoms with van der Waals surface area (Å²) in [6.45, 7) is 3.37. The molecule has 0 aliphatic carbocycles. The number of aryl methyl sites for hydroxylation is 1. The van der Waals surface area contributed by atoms with Gasteiger partial charge in [-0.15, -0.1) is 0 Å². The molecule has 1 fully saturated rings. The number of carbonyl (C=O) groups is 1. The van der Waals surface area contributed by atoms with E-state index in [9.17, 15) is 4.79 Å². The standard InChI is InChI=1S/C20H21N5O/c1-14-23-17(12-18(24-14)19-21-9-10-22-19)16-8-5-11-25(13-16)20(26)15-6-3-2-4-7-15/h2-4,6-7,9-10,12,16H,5,8,11,13H2,1H3,(H,21,22)/t16-/m1/s1. The third-order valence-electron chi connectivity index (χ3n) is 4.75. The van der Waals surface area contributed by atoms with E-state index in [1.165, 1.54) is 0 Å². The van der Waals surface area contributed by atoms with Gasteiger partial charge in [-0.1, -0.05) is 18.2 Å². The average molecular weight is 347 g/mol. The topological polar surface area (TPSA) is 74.8 Å². The summed E-state index contributed by atoms with van der Waals surface area (Å²) in [6.07, 6.45) is 5.50. The van der Waals surface area contributed by atoms with Crippen molar-refractivity contribution in [2.75, 3.05) is 13.1 Å². The largest absolute Gasteiger partial charge is 0.343 e. The molecule has 0 radical (unpaired) electrons. The summed E-state index contributed by atoms with van der Waals surface area (Å²) in [7, 11) is 0. The monoisotopic (exact) mass is 347 g/mol. The number of hydrogen-bond donors (Lipinski definition) is 1. The van der Waals surface area contributed by atoms with Crippen LogP contribution in [0.15, 0.2) is 48.8 Å². The number of nitrogens with zero attached hydrogens (tertiary/aromatic N) is 4. The van der Waals surface area contributed by atoms with E-state index in [0.717, 1.165) is 48.0 Å². The van der Waals surface area contributed by atoms with Crippen molar-refractivity contribution in [1.29, 1.82) is 0 Å². The summed E-state index contributed by atoms with van der Waals surface area (Å²) in [5, 5.41) is 0. The van der Waals surface area contributed by atoms with Crippen LogP contribution in [0.3, 0.4) is 0 Å². The highest BCUT2D eigenvalue weighted by molar-refractivity contribution is 5.94. The van der Waals surface area contributed by atoms with Crippen molar-refractivity contribution >= 4 is 5.91 Å². The quantitative estimate of drug-likeness (QED) is 0.789. The van der Waals surface area contributed by atoms with Crippen LogP contribution in [-0.4, -0.2) is 43.8 Å². The number of piperidine rings is 1. The number of rotatable bonds is 3. The van der Waals surface area contributed by atoms with Gasteiger partial charge in [-0.25, -0.2) is 15.0 Å². The summed E-state index contributed by atoms with van der Waals surface area (Å²) in [5.41, 5.74) is 2.52. The Labute approximate surface area is 152 Å². The van der Waals surface area contributed by atoms with E-state index < -0.39 is 0 Å². The Hall–Kier alpha value is -3.02. The van der Waals surface area contributed by atoms with E-state index in [1.807, 2.05) is 48.2 Å². The molecule has 1 amide bonds. The van der Waals surface area contributed by atoms with Crippen LogP contribution in [0.25, 0.3) is 11.5 Å². The van der Waals surface area contributed by atoms with Gasteiger partial charge in [0.25, 0.3) is 5.91 Å². The molecular formula is C20H21N5O. The smallest absolute Gasteiger partial charge is 0.253 e. The highest BCUT2D eigenvalue weighted by atomic mass is 16.2. The Bertz CT molecular complexity index is 892. The van der Waals surface area contributed by atoms with Crippen molar-refractivity contribution in [3.63, 3.8) is 0 Å². The lowest BCUT2D eigenvalue weighted by atomic mass is 9.93. The normalized spacial score (nSPS) is 17.3. The van der Waals surface area contributed by atoms with Crippen LogP contribution in [0.4, 0.5) is 0 Å². The number of H-pyrrole nitrogens is 1. The van der Waals surface area contributed by atoms with Gasteiger partial charge >= 0.3 is 0 Å². The zero-order valence-electron chi connectivity index (χ0n) is 14.7. The minimum absolute atomic E-state index is 0.0901. The lowest BCUT2D eigenvalue weighted by Gasteiger charge is -2.32. The molecule has 132 valence electrons. The number of imidazole rings is 1. The van der Waals surface area contributed by atoms with Crippen molar-refractivity contribution in [2.24, 2.45) is 0 Å². The second-order valence-electron chi connectivity index (χ2n) is 6.62. The number of aromatic amines is 1. The van der Waals surface area contributed by atoms with Gasteiger partial charge in [0, 0.05) is 42.7 Å². The van der Waals surface area contributed by atoms with Crippen molar-refractivity contribution in [1.82, 2.24) is 24.8 Å². The van der Waals surface area contributed by atoms with Gasteiger partial charge < -0.3 is 9.88 Å². The Balaban J connectivity index is 1.57. The molecule has 3 heterocycles. The number of hydrogen-bond acceptors (Lipinski definition) is 4. The molecule has 1 N–H and O–H groups in total. The van der Waals surface area contributed by atoms with Gasteiger partial charge in [0.1, 0.15) is 11.5 Å². The van der Waals surface area contributed by atoms with Gasteiger partial charge in [-0.3, -0.25) is 4.79 Å². The second kappa shape index (κ2) is 7.07. The van der Waals surface area contributed by atoms with Crippen LogP contribution in [-0.2, 0) is 0 Å². The van der Waals surface area contributed by atoms with Gasteiger partial charge in [0.15, 0.2) is 5.82 Å². The first kappa shape index (κ1) is 16.4. The number of carbonyl (C=O) groups excluding carboxylic acids is 1. The first-order valence-electron chi connectivity index (χ1n) is 8.90. The van der Waals surface area contributed by atoms with E-state index >= 15 is 0 Å². The number of aromatic nitrogens is 4. The Kier molecular flexibility index (Phi) is 4.48. The minimum Gasteiger partial charge on any atom is -0.343 e. The predicted octanol–water partition coefficient (Wildman–Crippen LogP) is 3.19. The molecule has 0 spiro atoms. The number of likely N-dealkylation sites (tertiary alicyclic amines) is 1. The lowest BCUT2D eigenvalue weighted by molar-refractivity contribution is 0.0706. The predicted molar refractivity (Wildman–Crippen MR) is 98.7 cm³/mol. The summed E-state index contributed by atoms with van der Waals surface area (Å²) in [4.78, 5) is 31.2. The molecule has 1 aromatic carbocycles. The van der Waals surface area contributed by atoms with E-state index in [-0.39, 0.29) is 11.8 Å². The first-order chi connectivity index (χ1) is 12.7. The molecule has 0 saturated carbocycles. The number of amides is 1. The maximum absolute atomic E-state index is 12.8. The van der Waals surface area contributed by atoms with Crippen LogP contribution in [0, 0.1) is 6.92 Å². The minimum atomic E-state index is 0.0901. The highest BCUT2D eigenvalue weighted by Crippen LogP contribution is 2.28. The van der Waals surface area contributed by atoms with E-state index in [4.69, 9.17) is 0 Å². The molecule has 0 unspecified atom stereocenters. The molecule has 3 aromatic rings. The maximum Gasteiger partial charge on any atom is 0.253 e. The zero-order valence-corrected chi connectivity index (χ0v) is 14.7. The Morgan fingerprint density at radius 3 is 2.85 bits per heavy atom. The molecule has 6 heteroatoms. The molecule has 1 saturated heterocycles. The molecular weight excluding hydrogens is 326 g/mol. The molecule has 26 heavy (non-hydrogen) atoms. The highest BCUT2D eigenvalue weighted by Gasteiger charge is 2.27. The molecule has 1 aliphatic rings. The number of nitrogens with one attached hydrogen (secondary N) is 1. The summed E-state index contributed by atoms with van der Waals surface area (Å²) >= 11 is 0. The van der Waals surface area contributed by atoms with Crippen LogP contribution < -0.4 is 0 Å². The number of benzene rings is 1. The van der Waals surface area contributed by atoms with E-state index in [0.29, 0.717) is 6.54 Å². The third kappa shape index (κ3) is 3.35. The summed E-state index contributed by atoms with van der Waals surface area (Å²) in [6, 6.07) is 11.5. The SMILES string of the molecule is Cc1nc(-c2ncc[nH]2)cc([C@@H]2CCCN(C(=O)c3ccccc3)C2)n1. The third-order valence-corrected chi connectivity index (χ3v) is 4.75. The molecule has 0 bridgehead atoms. The van der Waals surface area contributed by atoms with E-state index in [2.05, 4.69) is 19.9 Å². The van der Waals surface area contributed by atoms with Crippen molar-refractivity contribution in [3.05, 3.63) is 65.9 Å². The fourth-order valence-electron chi connectivity index (χ4n) is 3.49. The Morgan fingerprint density at radius 1 is 1.23 bits per heavy atom. The molecule has 1 atom stereocenters. The molecule has 1 aliphatic heterocycles. The second-order valence-corrected chi connectivity index (χ2v) is 6.62. The van der Waals surface area contributed by atoms with E-state index in [1.54, 1.807) is 12.4 Å². The molecule has 2 aromatic heterocycles. The van der Waals surface area contributed by atoms with Gasteiger partial charge in [-0.2, -0.15) is 0 Å². The lowest BCUT2D eigenvalue weighted by Crippen LogP contribution is -2.39. The Morgan fingerprint density at radius 2 is 2.08 bits per heavy atom. The van der Waals surface area contributed by atoms with Gasteiger partial charge in [-0.05, 0) is 38.0 Å². The zero-order chi connectivity index (χ0) is 17.9. The van der Waals surface area contributed by atoms with Crippen molar-refractivity contribution in [3.8, 4) is 11.5 Å².